The number of hydrogen-bond acceptors (Lipinski definition) is 5. The number of carbonyl (C=O) groups is 2. The molecule has 6 nitrogen and oxygen atoms in total. The Kier molecular flexibility index (Phi) is 6.41. The van der Waals surface area contributed by atoms with E-state index in [0.717, 1.165) is 47.6 Å². The molecule has 1 saturated carbocycles. The number of carbonyl (C=O) groups excluding carboxylic acids is 2. The molecule has 0 bridgehead atoms. The zero-order chi connectivity index (χ0) is 22.6. The highest BCUT2D eigenvalue weighted by Gasteiger charge is 2.24. The molecule has 0 radical (unpaired) electrons. The number of morpholine rings is 1. The Morgan fingerprint density at radius 1 is 0.970 bits per heavy atom. The molecule has 0 spiro atoms. The van der Waals surface area contributed by atoms with Gasteiger partial charge in [0.15, 0.2) is 0 Å². The van der Waals surface area contributed by atoms with Crippen LogP contribution in [0.2, 0.25) is 0 Å². The van der Waals surface area contributed by atoms with Crippen LogP contribution in [0.15, 0.2) is 60.7 Å². The summed E-state index contributed by atoms with van der Waals surface area (Å²) in [6.07, 6.45) is 2.13. The lowest BCUT2D eigenvalue weighted by Gasteiger charge is -2.28. The van der Waals surface area contributed by atoms with Crippen LogP contribution in [0.3, 0.4) is 0 Å². The summed E-state index contributed by atoms with van der Waals surface area (Å²) in [7, 11) is 0. The van der Waals surface area contributed by atoms with E-state index in [1.54, 1.807) is 0 Å². The normalized spacial score (nSPS) is 15.8. The number of rotatable bonds is 7. The van der Waals surface area contributed by atoms with Gasteiger partial charge in [0.25, 0.3) is 11.8 Å². The molecular formula is C26H27N3O3S. The molecule has 0 atom stereocenters. The van der Waals surface area contributed by atoms with Gasteiger partial charge in [-0.25, -0.2) is 0 Å². The molecule has 3 aromatic rings. The zero-order valence-corrected chi connectivity index (χ0v) is 19.2. The van der Waals surface area contributed by atoms with Crippen LogP contribution in [0, 0.1) is 0 Å². The largest absolute Gasteiger partial charge is 0.378 e. The maximum Gasteiger partial charge on any atom is 0.261 e. The molecule has 7 heteroatoms. The first-order chi connectivity index (χ1) is 16.2. The van der Waals surface area contributed by atoms with Gasteiger partial charge in [-0.1, -0.05) is 42.5 Å². The van der Waals surface area contributed by atoms with Gasteiger partial charge in [-0.2, -0.15) is 0 Å². The van der Waals surface area contributed by atoms with E-state index in [1.165, 1.54) is 11.3 Å². The summed E-state index contributed by atoms with van der Waals surface area (Å²) >= 11 is 1.53. The van der Waals surface area contributed by atoms with Gasteiger partial charge >= 0.3 is 0 Å². The maximum absolute atomic E-state index is 13.0. The van der Waals surface area contributed by atoms with E-state index >= 15 is 0 Å². The summed E-state index contributed by atoms with van der Waals surface area (Å²) in [6, 6.07) is 19.9. The van der Waals surface area contributed by atoms with Gasteiger partial charge in [-0.05, 0) is 42.2 Å². The van der Waals surface area contributed by atoms with Crippen molar-refractivity contribution in [1.82, 2.24) is 10.6 Å². The monoisotopic (exact) mass is 461 g/mol. The van der Waals surface area contributed by atoms with Crippen LogP contribution in [-0.2, 0) is 11.3 Å². The average molecular weight is 462 g/mol. The van der Waals surface area contributed by atoms with E-state index in [1.807, 2.05) is 48.5 Å². The Labute approximate surface area is 197 Å². The molecule has 1 aromatic heterocycles. The van der Waals surface area contributed by atoms with Crippen molar-refractivity contribution in [2.45, 2.75) is 25.4 Å². The third-order valence-electron chi connectivity index (χ3n) is 5.90. The molecule has 0 unspecified atom stereocenters. The second kappa shape index (κ2) is 9.77. The van der Waals surface area contributed by atoms with Gasteiger partial charge in [0.2, 0.25) is 0 Å². The topological polar surface area (TPSA) is 70.7 Å². The van der Waals surface area contributed by atoms with Crippen LogP contribution in [0.4, 0.5) is 5.00 Å². The van der Waals surface area contributed by atoms with Crippen molar-refractivity contribution in [2.75, 3.05) is 31.2 Å². The molecule has 170 valence electrons. The van der Waals surface area contributed by atoms with Crippen LogP contribution >= 0.6 is 11.3 Å². The first-order valence-electron chi connectivity index (χ1n) is 11.4. The third kappa shape index (κ3) is 5.26. The SMILES string of the molecule is O=C(NC1CC1)c1ccc(CNC(=O)c2cc(-c3ccccc3)c(N3CCOCC3)s2)cc1. The fourth-order valence-electron chi connectivity index (χ4n) is 3.86. The highest BCUT2D eigenvalue weighted by atomic mass is 32.1. The summed E-state index contributed by atoms with van der Waals surface area (Å²) in [4.78, 5) is 28.1. The fraction of sp³-hybridized carbons (Fsp3) is 0.308. The first kappa shape index (κ1) is 21.7. The summed E-state index contributed by atoms with van der Waals surface area (Å²) in [5.74, 6) is -0.122. The molecule has 2 fully saturated rings. The van der Waals surface area contributed by atoms with Crippen molar-refractivity contribution in [3.8, 4) is 11.1 Å². The molecule has 1 aliphatic heterocycles. The number of nitrogens with one attached hydrogen (secondary N) is 2. The number of amides is 2. The number of benzene rings is 2. The number of hydrogen-bond donors (Lipinski definition) is 2. The lowest BCUT2D eigenvalue weighted by Crippen LogP contribution is -2.35. The Balaban J connectivity index is 1.28. The molecule has 5 rings (SSSR count). The van der Waals surface area contributed by atoms with Crippen molar-refractivity contribution in [3.63, 3.8) is 0 Å². The fourth-order valence-corrected chi connectivity index (χ4v) is 5.01. The van der Waals surface area contributed by atoms with Gasteiger partial charge in [-0.3, -0.25) is 9.59 Å². The van der Waals surface area contributed by atoms with Gasteiger partial charge in [-0.15, -0.1) is 11.3 Å². The minimum absolute atomic E-state index is 0.0317. The van der Waals surface area contributed by atoms with E-state index in [-0.39, 0.29) is 11.8 Å². The van der Waals surface area contributed by atoms with E-state index in [0.29, 0.717) is 36.2 Å². The van der Waals surface area contributed by atoms with E-state index in [4.69, 9.17) is 4.74 Å². The maximum atomic E-state index is 13.0. The highest BCUT2D eigenvalue weighted by Crippen LogP contribution is 2.39. The van der Waals surface area contributed by atoms with Crippen LogP contribution < -0.4 is 15.5 Å². The molecule has 2 aliphatic rings. The minimum atomic E-state index is -0.0905. The van der Waals surface area contributed by atoms with Crippen molar-refractivity contribution in [2.24, 2.45) is 0 Å². The lowest BCUT2D eigenvalue weighted by atomic mass is 10.1. The second-order valence-electron chi connectivity index (χ2n) is 8.42. The molecule has 2 heterocycles. The van der Waals surface area contributed by atoms with E-state index in [2.05, 4.69) is 27.7 Å². The van der Waals surface area contributed by atoms with Crippen LogP contribution in [-0.4, -0.2) is 44.2 Å². The van der Waals surface area contributed by atoms with Gasteiger partial charge in [0.1, 0.15) is 0 Å². The number of ether oxygens (including phenoxy) is 1. The molecule has 1 saturated heterocycles. The molecule has 1 aliphatic carbocycles. The average Bonchev–Trinajstić information content (AvgIpc) is 3.57. The highest BCUT2D eigenvalue weighted by molar-refractivity contribution is 7.18. The van der Waals surface area contributed by atoms with Gasteiger partial charge in [0, 0.05) is 36.8 Å². The van der Waals surface area contributed by atoms with Gasteiger partial charge in [0.05, 0.1) is 23.1 Å². The molecular weight excluding hydrogens is 434 g/mol. The third-order valence-corrected chi connectivity index (χ3v) is 7.10. The Morgan fingerprint density at radius 2 is 1.70 bits per heavy atom. The Hall–Kier alpha value is -3.16. The molecule has 2 N–H and O–H groups in total. The first-order valence-corrected chi connectivity index (χ1v) is 12.2. The van der Waals surface area contributed by atoms with Crippen molar-refractivity contribution in [1.29, 1.82) is 0 Å². The predicted molar refractivity (Wildman–Crippen MR) is 131 cm³/mol. The number of nitrogens with zero attached hydrogens (tertiary/aromatic N) is 1. The predicted octanol–water partition coefficient (Wildman–Crippen LogP) is 4.07. The summed E-state index contributed by atoms with van der Waals surface area (Å²) in [6.45, 7) is 3.45. The van der Waals surface area contributed by atoms with Crippen LogP contribution in [0.1, 0.15) is 38.4 Å². The van der Waals surface area contributed by atoms with E-state index < -0.39 is 0 Å². The Bertz CT molecular complexity index is 1120. The zero-order valence-electron chi connectivity index (χ0n) is 18.4. The van der Waals surface area contributed by atoms with E-state index in [9.17, 15) is 9.59 Å². The Morgan fingerprint density at radius 3 is 2.39 bits per heavy atom. The van der Waals surface area contributed by atoms with Crippen molar-refractivity contribution < 1.29 is 14.3 Å². The van der Waals surface area contributed by atoms with Gasteiger partial charge < -0.3 is 20.3 Å². The van der Waals surface area contributed by atoms with Crippen molar-refractivity contribution in [3.05, 3.63) is 76.7 Å². The number of anilines is 1. The number of thiophene rings is 1. The van der Waals surface area contributed by atoms with Crippen LogP contribution in [0.5, 0.6) is 0 Å². The molecule has 2 amide bonds. The summed E-state index contributed by atoms with van der Waals surface area (Å²) in [5.41, 5.74) is 3.80. The minimum Gasteiger partial charge on any atom is -0.378 e. The molecule has 2 aromatic carbocycles. The quantitative estimate of drug-likeness (QED) is 0.556. The van der Waals surface area contributed by atoms with Crippen molar-refractivity contribution >= 4 is 28.2 Å². The molecule has 33 heavy (non-hydrogen) atoms. The smallest absolute Gasteiger partial charge is 0.261 e. The summed E-state index contributed by atoms with van der Waals surface area (Å²) in [5, 5.41) is 7.13. The second-order valence-corrected chi connectivity index (χ2v) is 9.45. The summed E-state index contributed by atoms with van der Waals surface area (Å²) < 4.78 is 5.51. The lowest BCUT2D eigenvalue weighted by molar-refractivity contribution is 0.0943. The standard InChI is InChI=1S/C26H27N3O3S/c30-24(28-21-10-11-21)20-8-6-18(7-9-20)17-27-25(31)23-16-22(19-4-2-1-3-5-19)26(33-23)29-12-14-32-15-13-29/h1-9,16,21H,10-15,17H2,(H,27,31)(H,28,30). The van der Waals surface area contributed by atoms with Crippen LogP contribution in [0.25, 0.3) is 11.1 Å².